The quantitative estimate of drug-likeness (QED) is 0.412. The maximum absolute atomic E-state index is 12.4. The average Bonchev–Trinajstić information content (AvgIpc) is 2.36. The van der Waals surface area contributed by atoms with E-state index in [-0.39, 0.29) is 17.1 Å². The molecule has 0 spiro atoms. The van der Waals surface area contributed by atoms with E-state index < -0.39 is 23.4 Å². The van der Waals surface area contributed by atoms with Gasteiger partial charge in [0.2, 0.25) is 0 Å². The number of phenolic OH excluding ortho intramolecular Hbond substituents is 2. The monoisotopic (exact) mass is 304 g/mol. The van der Waals surface area contributed by atoms with E-state index in [2.05, 4.69) is 5.32 Å². The summed E-state index contributed by atoms with van der Waals surface area (Å²) < 4.78 is 0. The normalized spacial score (nSPS) is 17.9. The first-order valence-corrected chi connectivity index (χ1v) is 6.55. The fourth-order valence-electron chi connectivity index (χ4n) is 2.06. The molecule has 0 bridgehead atoms. The zero-order chi connectivity index (χ0) is 16.7. The lowest BCUT2D eigenvalue weighted by molar-refractivity contribution is -0.133. The lowest BCUT2D eigenvalue weighted by Crippen LogP contribution is -2.60. The molecule has 3 N–H and O–H groups in total. The minimum absolute atomic E-state index is 0.223. The van der Waals surface area contributed by atoms with Crippen molar-refractivity contribution in [1.82, 2.24) is 10.2 Å². The number of hydrogen-bond acceptors (Lipinski definition) is 5. The van der Waals surface area contributed by atoms with Gasteiger partial charge in [0, 0.05) is 5.54 Å². The Balaban J connectivity index is 2.46. The Morgan fingerprint density at radius 3 is 2.27 bits per heavy atom. The Hall–Kier alpha value is -2.83. The molecule has 7 nitrogen and oxygen atoms in total. The van der Waals surface area contributed by atoms with Crippen molar-refractivity contribution in [3.8, 4) is 11.5 Å². The number of imide groups is 2. The van der Waals surface area contributed by atoms with Crippen molar-refractivity contribution in [2.45, 2.75) is 26.3 Å². The van der Waals surface area contributed by atoms with Gasteiger partial charge in [-0.25, -0.2) is 4.79 Å². The highest BCUT2D eigenvalue weighted by molar-refractivity contribution is 6.31. The predicted octanol–water partition coefficient (Wildman–Crippen LogP) is 1.36. The Labute approximate surface area is 126 Å². The van der Waals surface area contributed by atoms with E-state index in [1.165, 1.54) is 24.3 Å². The summed E-state index contributed by atoms with van der Waals surface area (Å²) >= 11 is 0. The van der Waals surface area contributed by atoms with Crippen LogP contribution in [0.2, 0.25) is 0 Å². The molecule has 1 aromatic rings. The Bertz CT molecular complexity index is 700. The zero-order valence-corrected chi connectivity index (χ0v) is 12.4. The third-order valence-corrected chi connectivity index (χ3v) is 3.08. The fraction of sp³-hybridized carbons (Fsp3) is 0.267. The molecule has 0 radical (unpaired) electrons. The summed E-state index contributed by atoms with van der Waals surface area (Å²) in [4.78, 5) is 37.1. The van der Waals surface area contributed by atoms with Crippen LogP contribution < -0.4 is 5.32 Å². The number of benzene rings is 1. The molecule has 0 atom stereocenters. The zero-order valence-electron chi connectivity index (χ0n) is 12.4. The Morgan fingerprint density at radius 2 is 1.73 bits per heavy atom. The van der Waals surface area contributed by atoms with E-state index in [9.17, 15) is 24.6 Å². The molecule has 0 aromatic heterocycles. The number of urea groups is 1. The standard InChI is InChI=1S/C15H16N2O5/c1-15(2,3)17-13(21)9(12(20)16-14(17)22)6-8-4-5-10(18)11(19)7-8/h4-7,18-19H,1-3H3,(H,16,20,22). The highest BCUT2D eigenvalue weighted by Crippen LogP contribution is 2.27. The maximum atomic E-state index is 12.4. The SMILES string of the molecule is CC(C)(C)N1C(=O)NC(=O)C(=Cc2ccc(O)c(O)c2)C1=O. The third kappa shape index (κ3) is 2.78. The minimum atomic E-state index is -0.803. The predicted molar refractivity (Wildman–Crippen MR) is 77.9 cm³/mol. The third-order valence-electron chi connectivity index (χ3n) is 3.08. The molecule has 0 aliphatic carbocycles. The van der Waals surface area contributed by atoms with Crippen molar-refractivity contribution in [2.75, 3.05) is 0 Å². The smallest absolute Gasteiger partial charge is 0.331 e. The summed E-state index contributed by atoms with van der Waals surface area (Å²) in [6, 6.07) is 3.11. The van der Waals surface area contributed by atoms with Gasteiger partial charge in [0.15, 0.2) is 11.5 Å². The Kier molecular flexibility index (Phi) is 3.66. The van der Waals surface area contributed by atoms with Crippen molar-refractivity contribution in [3.63, 3.8) is 0 Å². The van der Waals surface area contributed by atoms with Gasteiger partial charge >= 0.3 is 6.03 Å². The number of barbiturate groups is 1. The van der Waals surface area contributed by atoms with Crippen LogP contribution >= 0.6 is 0 Å². The van der Waals surface area contributed by atoms with Gasteiger partial charge < -0.3 is 10.2 Å². The van der Waals surface area contributed by atoms with Crippen LogP contribution in [0.5, 0.6) is 11.5 Å². The van der Waals surface area contributed by atoms with Crippen LogP contribution in [-0.4, -0.2) is 38.5 Å². The molecule has 1 fully saturated rings. The highest BCUT2D eigenvalue weighted by atomic mass is 16.3. The van der Waals surface area contributed by atoms with Crippen molar-refractivity contribution in [1.29, 1.82) is 0 Å². The van der Waals surface area contributed by atoms with Crippen molar-refractivity contribution in [2.24, 2.45) is 0 Å². The van der Waals surface area contributed by atoms with Gasteiger partial charge in [-0.05, 0) is 44.5 Å². The Morgan fingerprint density at radius 1 is 1.09 bits per heavy atom. The number of nitrogens with one attached hydrogen (secondary N) is 1. The molecule has 1 saturated heterocycles. The van der Waals surface area contributed by atoms with E-state index in [0.29, 0.717) is 5.56 Å². The van der Waals surface area contributed by atoms with Crippen LogP contribution in [0.15, 0.2) is 23.8 Å². The summed E-state index contributed by atoms with van der Waals surface area (Å²) in [5, 5.41) is 20.8. The van der Waals surface area contributed by atoms with E-state index in [4.69, 9.17) is 0 Å². The summed E-state index contributed by atoms with van der Waals surface area (Å²) in [6.07, 6.45) is 1.25. The van der Waals surface area contributed by atoms with Crippen molar-refractivity contribution in [3.05, 3.63) is 29.3 Å². The van der Waals surface area contributed by atoms with Gasteiger partial charge in [-0.3, -0.25) is 19.8 Å². The molecule has 2 rings (SSSR count). The molecule has 116 valence electrons. The van der Waals surface area contributed by atoms with E-state index in [1.807, 2.05) is 0 Å². The van der Waals surface area contributed by atoms with Crippen LogP contribution in [0.25, 0.3) is 6.08 Å². The molecule has 0 saturated carbocycles. The second-order valence-electron chi connectivity index (χ2n) is 5.88. The van der Waals surface area contributed by atoms with E-state index >= 15 is 0 Å². The summed E-state index contributed by atoms with van der Waals surface area (Å²) in [5.74, 6) is -2.20. The van der Waals surface area contributed by atoms with Crippen LogP contribution in [0.3, 0.4) is 0 Å². The number of hydrogen-bond donors (Lipinski definition) is 3. The number of rotatable bonds is 1. The molecule has 22 heavy (non-hydrogen) atoms. The lowest BCUT2D eigenvalue weighted by Gasteiger charge is -2.36. The van der Waals surface area contributed by atoms with Crippen molar-refractivity contribution < 1.29 is 24.6 Å². The number of aromatic hydroxyl groups is 2. The number of nitrogens with zero attached hydrogens (tertiary/aromatic N) is 1. The molecular weight excluding hydrogens is 288 g/mol. The fourth-order valence-corrected chi connectivity index (χ4v) is 2.06. The number of phenols is 2. The minimum Gasteiger partial charge on any atom is -0.504 e. The molecule has 1 heterocycles. The molecule has 1 aliphatic heterocycles. The molecular formula is C15H16N2O5. The second kappa shape index (κ2) is 5.18. The number of amides is 4. The molecule has 0 unspecified atom stereocenters. The summed E-state index contributed by atoms with van der Waals surface area (Å²) in [6.45, 7) is 5.01. The number of carbonyl (C=O) groups is 3. The number of carbonyl (C=O) groups excluding carboxylic acids is 3. The van der Waals surface area contributed by atoms with E-state index in [1.54, 1.807) is 20.8 Å². The molecule has 1 aromatic carbocycles. The van der Waals surface area contributed by atoms with Gasteiger partial charge in [0.05, 0.1) is 0 Å². The first-order chi connectivity index (χ1) is 10.1. The van der Waals surface area contributed by atoms with Crippen LogP contribution in [0.4, 0.5) is 4.79 Å². The largest absolute Gasteiger partial charge is 0.504 e. The molecule has 1 aliphatic rings. The first-order valence-electron chi connectivity index (χ1n) is 6.55. The van der Waals surface area contributed by atoms with Gasteiger partial charge in [-0.15, -0.1) is 0 Å². The second-order valence-corrected chi connectivity index (χ2v) is 5.88. The summed E-state index contributed by atoms with van der Waals surface area (Å²) in [5.41, 5.74) is -0.672. The van der Waals surface area contributed by atoms with Gasteiger partial charge in [-0.1, -0.05) is 6.07 Å². The molecule has 4 amide bonds. The van der Waals surface area contributed by atoms with Crippen molar-refractivity contribution >= 4 is 23.9 Å². The van der Waals surface area contributed by atoms with Crippen LogP contribution in [-0.2, 0) is 9.59 Å². The first kappa shape index (κ1) is 15.6. The van der Waals surface area contributed by atoms with Crippen LogP contribution in [0, 0.1) is 0 Å². The van der Waals surface area contributed by atoms with Gasteiger partial charge in [0.1, 0.15) is 5.57 Å². The summed E-state index contributed by atoms with van der Waals surface area (Å²) in [7, 11) is 0. The van der Waals surface area contributed by atoms with Crippen LogP contribution in [0.1, 0.15) is 26.3 Å². The highest BCUT2D eigenvalue weighted by Gasteiger charge is 2.41. The van der Waals surface area contributed by atoms with Gasteiger partial charge in [-0.2, -0.15) is 0 Å². The van der Waals surface area contributed by atoms with Gasteiger partial charge in [0.25, 0.3) is 11.8 Å². The lowest BCUT2D eigenvalue weighted by atomic mass is 10.0. The average molecular weight is 304 g/mol. The maximum Gasteiger partial charge on any atom is 0.331 e. The topological polar surface area (TPSA) is 107 Å². The molecule has 7 heteroatoms. The van der Waals surface area contributed by atoms with E-state index in [0.717, 1.165) is 4.90 Å².